The fourth-order valence-electron chi connectivity index (χ4n) is 4.24. The molecule has 3 heteroatoms. The number of aryl methyl sites for hydroxylation is 1. The van der Waals surface area contributed by atoms with E-state index in [-0.39, 0.29) is 0 Å². The molecule has 0 aliphatic carbocycles. The van der Waals surface area contributed by atoms with E-state index >= 15 is 0 Å². The Morgan fingerprint density at radius 2 is 2.11 bits per heavy atom. The summed E-state index contributed by atoms with van der Waals surface area (Å²) < 4.78 is 0. The molecule has 3 rings (SSSR count). The van der Waals surface area contributed by atoms with Gasteiger partial charge < -0.3 is 16.0 Å². The van der Waals surface area contributed by atoms with E-state index < -0.39 is 0 Å². The lowest BCUT2D eigenvalue weighted by Crippen LogP contribution is -2.41. The molecule has 0 saturated carbocycles. The molecular formula is C25H31N3. The Kier molecular flexibility index (Phi) is 5.46. The minimum Gasteiger partial charge on any atom is -0.404 e. The molecule has 2 aliphatic rings. The van der Waals surface area contributed by atoms with Gasteiger partial charge in [-0.05, 0) is 71.2 Å². The molecular weight excluding hydrogens is 342 g/mol. The van der Waals surface area contributed by atoms with Gasteiger partial charge in [0.15, 0.2) is 0 Å². The lowest BCUT2D eigenvalue weighted by atomic mass is 9.81. The average Bonchev–Trinajstić information content (AvgIpc) is 2.66. The molecule has 0 spiro atoms. The second-order valence-corrected chi connectivity index (χ2v) is 8.09. The van der Waals surface area contributed by atoms with Crippen LogP contribution in [0.1, 0.15) is 49.9 Å². The number of hydrogen-bond donors (Lipinski definition) is 2. The first kappa shape index (κ1) is 19.9. The van der Waals surface area contributed by atoms with Crippen molar-refractivity contribution in [3.8, 4) is 0 Å². The van der Waals surface area contributed by atoms with Crippen LogP contribution >= 0.6 is 0 Å². The van der Waals surface area contributed by atoms with Crippen molar-refractivity contribution in [3.05, 3.63) is 82.7 Å². The zero-order valence-electron chi connectivity index (χ0n) is 17.5. The lowest BCUT2D eigenvalue weighted by molar-refractivity contribution is 0.284. The Labute approximate surface area is 169 Å². The van der Waals surface area contributed by atoms with Crippen LogP contribution in [0.5, 0.6) is 0 Å². The summed E-state index contributed by atoms with van der Waals surface area (Å²) >= 11 is 0. The van der Waals surface area contributed by atoms with Gasteiger partial charge in [0.2, 0.25) is 0 Å². The maximum Gasteiger partial charge on any atom is 0.0491 e. The van der Waals surface area contributed by atoms with Gasteiger partial charge in [-0.2, -0.15) is 0 Å². The van der Waals surface area contributed by atoms with Crippen LogP contribution in [0, 0.1) is 11.3 Å². The summed E-state index contributed by atoms with van der Waals surface area (Å²) in [6, 6.07) is 4.89. The van der Waals surface area contributed by atoms with Crippen molar-refractivity contribution in [2.24, 2.45) is 11.7 Å². The molecule has 146 valence electrons. The molecule has 2 aliphatic heterocycles. The fraction of sp³-hybridized carbons (Fsp3) is 0.320. The summed E-state index contributed by atoms with van der Waals surface area (Å²) in [5.74, 6) is 0.493. The van der Waals surface area contributed by atoms with Gasteiger partial charge in [0.25, 0.3) is 0 Å². The number of hydrogen-bond acceptors (Lipinski definition) is 3. The zero-order chi connectivity index (χ0) is 20.6. The molecule has 3 nitrogen and oxygen atoms in total. The molecule has 0 fully saturated rings. The van der Waals surface area contributed by atoms with E-state index in [9.17, 15) is 0 Å². The first-order chi connectivity index (χ1) is 13.3. The van der Waals surface area contributed by atoms with E-state index in [1.54, 1.807) is 0 Å². The normalized spacial score (nSPS) is 19.0. The van der Waals surface area contributed by atoms with Crippen molar-refractivity contribution in [2.45, 2.75) is 46.6 Å². The van der Waals surface area contributed by atoms with Gasteiger partial charge in [-0.1, -0.05) is 40.0 Å². The van der Waals surface area contributed by atoms with Crippen molar-refractivity contribution < 1.29 is 0 Å². The molecule has 1 aromatic carbocycles. The standard InChI is InChI=1S/C25H31N3/c1-7-18-9-22-19(10-21(18)20(12-26)13-27)11-24(16(4)5)28-14-23(15(2)3)17(6)8-25(22)28/h8-10,12-14,16,24,26H,2,6-7,11,27H2,1,3-5H3/b20-13+,26-12?. The number of fused-ring (bicyclic) bond motifs is 3. The van der Waals surface area contributed by atoms with Crippen LogP contribution in [0.2, 0.25) is 0 Å². The second-order valence-electron chi connectivity index (χ2n) is 8.09. The summed E-state index contributed by atoms with van der Waals surface area (Å²) in [4.78, 5) is 2.42. The highest BCUT2D eigenvalue weighted by atomic mass is 15.2. The van der Waals surface area contributed by atoms with Crippen LogP contribution in [-0.4, -0.2) is 17.2 Å². The summed E-state index contributed by atoms with van der Waals surface area (Å²) in [7, 11) is 0. The summed E-state index contributed by atoms with van der Waals surface area (Å²) in [5, 5.41) is 7.73. The molecule has 0 amide bonds. The Morgan fingerprint density at radius 1 is 1.39 bits per heavy atom. The molecule has 1 unspecified atom stereocenters. The quantitative estimate of drug-likeness (QED) is 0.674. The lowest BCUT2D eigenvalue weighted by Gasteiger charge is -2.43. The summed E-state index contributed by atoms with van der Waals surface area (Å²) in [6.45, 7) is 17.1. The van der Waals surface area contributed by atoms with E-state index in [0.717, 1.165) is 40.7 Å². The van der Waals surface area contributed by atoms with Crippen molar-refractivity contribution in [2.75, 3.05) is 0 Å². The monoisotopic (exact) mass is 373 g/mol. The maximum atomic E-state index is 7.73. The van der Waals surface area contributed by atoms with Crippen molar-refractivity contribution in [1.29, 1.82) is 5.41 Å². The van der Waals surface area contributed by atoms with E-state index in [0.29, 0.717) is 12.0 Å². The van der Waals surface area contributed by atoms with Crippen LogP contribution in [0.3, 0.4) is 0 Å². The Hall–Kier alpha value is -2.81. The molecule has 1 aromatic rings. The van der Waals surface area contributed by atoms with Crippen LogP contribution in [0.25, 0.3) is 11.3 Å². The van der Waals surface area contributed by atoms with Gasteiger partial charge in [0.1, 0.15) is 0 Å². The first-order valence-electron chi connectivity index (χ1n) is 9.98. The van der Waals surface area contributed by atoms with Gasteiger partial charge in [-0.3, -0.25) is 0 Å². The molecule has 0 aromatic heterocycles. The number of rotatable bonds is 5. The molecule has 3 N–H and O–H groups in total. The van der Waals surface area contributed by atoms with E-state index in [4.69, 9.17) is 11.1 Å². The SMILES string of the molecule is C=C(C)C1=CN2C(=CC1=C)c1cc(CC)c(/C(C=N)=C/N)cc1CC2C(C)C. The molecule has 0 bridgehead atoms. The van der Waals surface area contributed by atoms with E-state index in [2.05, 4.69) is 63.2 Å². The third kappa shape index (κ3) is 3.26. The van der Waals surface area contributed by atoms with Gasteiger partial charge in [0.05, 0.1) is 0 Å². The fourth-order valence-corrected chi connectivity index (χ4v) is 4.24. The second kappa shape index (κ2) is 7.67. The van der Waals surface area contributed by atoms with Crippen molar-refractivity contribution in [1.82, 2.24) is 4.90 Å². The Bertz CT molecular complexity index is 941. The zero-order valence-corrected chi connectivity index (χ0v) is 17.5. The van der Waals surface area contributed by atoms with Crippen LogP contribution in [0.15, 0.2) is 60.5 Å². The van der Waals surface area contributed by atoms with Gasteiger partial charge in [-0.15, -0.1) is 0 Å². The first-order valence-corrected chi connectivity index (χ1v) is 9.98. The predicted molar refractivity (Wildman–Crippen MR) is 121 cm³/mol. The highest BCUT2D eigenvalue weighted by Crippen LogP contribution is 2.42. The maximum absolute atomic E-state index is 7.73. The highest BCUT2D eigenvalue weighted by Gasteiger charge is 2.33. The minimum atomic E-state index is 0.367. The van der Waals surface area contributed by atoms with E-state index in [1.807, 2.05) is 6.92 Å². The van der Waals surface area contributed by atoms with E-state index in [1.165, 1.54) is 34.8 Å². The van der Waals surface area contributed by atoms with Crippen LogP contribution in [0.4, 0.5) is 0 Å². The Balaban J connectivity index is 2.23. The molecule has 2 heterocycles. The minimum absolute atomic E-state index is 0.367. The van der Waals surface area contributed by atoms with Gasteiger partial charge in [-0.25, -0.2) is 0 Å². The smallest absolute Gasteiger partial charge is 0.0491 e. The van der Waals surface area contributed by atoms with Crippen molar-refractivity contribution >= 4 is 17.5 Å². The number of nitrogens with zero attached hydrogens (tertiary/aromatic N) is 1. The topological polar surface area (TPSA) is 53.1 Å². The summed E-state index contributed by atoms with van der Waals surface area (Å²) in [5.41, 5.74) is 15.8. The van der Waals surface area contributed by atoms with Gasteiger partial charge in [0, 0.05) is 41.5 Å². The summed E-state index contributed by atoms with van der Waals surface area (Å²) in [6.07, 6.45) is 9.17. The van der Waals surface area contributed by atoms with Crippen molar-refractivity contribution in [3.63, 3.8) is 0 Å². The Morgan fingerprint density at radius 3 is 2.64 bits per heavy atom. The average molecular weight is 374 g/mol. The van der Waals surface area contributed by atoms with Crippen LogP contribution in [-0.2, 0) is 12.8 Å². The number of allylic oxidation sites excluding steroid dienone is 5. The van der Waals surface area contributed by atoms with Gasteiger partial charge >= 0.3 is 0 Å². The number of benzene rings is 1. The number of nitrogens with two attached hydrogens (primary N) is 1. The largest absolute Gasteiger partial charge is 0.404 e. The third-order valence-electron chi connectivity index (χ3n) is 5.85. The number of nitrogens with one attached hydrogen (secondary N) is 1. The molecule has 0 saturated heterocycles. The molecule has 1 atom stereocenters. The molecule has 28 heavy (non-hydrogen) atoms. The predicted octanol–water partition coefficient (Wildman–Crippen LogP) is 5.45. The highest BCUT2D eigenvalue weighted by molar-refractivity contribution is 6.09. The van der Waals surface area contributed by atoms with Crippen LogP contribution < -0.4 is 5.73 Å². The third-order valence-corrected chi connectivity index (χ3v) is 5.85. The molecule has 0 radical (unpaired) electrons.